The fourth-order valence-electron chi connectivity index (χ4n) is 3.07. The molecule has 0 amide bonds. The van der Waals surface area contributed by atoms with E-state index in [2.05, 4.69) is 19.9 Å². The highest BCUT2D eigenvalue weighted by Crippen LogP contribution is 2.31. The van der Waals surface area contributed by atoms with E-state index in [-0.39, 0.29) is 12.0 Å². The Morgan fingerprint density at radius 2 is 2.16 bits per heavy atom. The van der Waals surface area contributed by atoms with Crippen molar-refractivity contribution < 1.29 is 9.52 Å². The fraction of sp³-hybridized carbons (Fsp3) is 0.333. The van der Waals surface area contributed by atoms with Crippen LogP contribution in [0.5, 0.6) is 0 Å². The number of aromatic nitrogens is 4. The Morgan fingerprint density at radius 1 is 1.24 bits per heavy atom. The van der Waals surface area contributed by atoms with Crippen molar-refractivity contribution in [3.63, 3.8) is 0 Å². The predicted molar refractivity (Wildman–Crippen MR) is 92.8 cm³/mol. The third kappa shape index (κ3) is 3.10. The van der Waals surface area contributed by atoms with E-state index in [4.69, 9.17) is 9.40 Å². The zero-order valence-electron chi connectivity index (χ0n) is 13.9. The smallest absolute Gasteiger partial charge is 0.226 e. The van der Waals surface area contributed by atoms with Crippen molar-refractivity contribution in [2.24, 2.45) is 5.92 Å². The molecular weight excluding hydrogens is 318 g/mol. The Morgan fingerprint density at radius 3 is 2.88 bits per heavy atom. The van der Waals surface area contributed by atoms with Crippen LogP contribution in [0.1, 0.15) is 13.3 Å². The van der Waals surface area contributed by atoms with Crippen molar-refractivity contribution in [3.05, 3.63) is 43.2 Å². The van der Waals surface area contributed by atoms with Crippen molar-refractivity contribution >= 4 is 5.95 Å². The second kappa shape index (κ2) is 6.60. The minimum Gasteiger partial charge on any atom is -0.463 e. The Kier molecular flexibility index (Phi) is 4.15. The Balaban J connectivity index is 1.75. The summed E-state index contributed by atoms with van der Waals surface area (Å²) in [5, 5.41) is 9.94. The van der Waals surface area contributed by atoms with E-state index in [1.165, 1.54) is 0 Å². The van der Waals surface area contributed by atoms with E-state index in [0.29, 0.717) is 29.5 Å². The van der Waals surface area contributed by atoms with Gasteiger partial charge in [-0.15, -0.1) is 0 Å². The molecule has 128 valence electrons. The zero-order valence-corrected chi connectivity index (χ0v) is 13.9. The van der Waals surface area contributed by atoms with Crippen LogP contribution < -0.4 is 4.90 Å². The SMILES string of the molecule is C[C@@H]1CN(c2ncc(-c3cnccn3)c(-c3ccco3)n2)CC[C@@H]1O. The van der Waals surface area contributed by atoms with Crippen molar-refractivity contribution in [1.29, 1.82) is 0 Å². The Hall–Kier alpha value is -2.80. The number of hydrogen-bond acceptors (Lipinski definition) is 7. The van der Waals surface area contributed by atoms with Crippen LogP contribution in [0.15, 0.2) is 47.6 Å². The molecule has 1 aliphatic rings. The lowest BCUT2D eigenvalue weighted by molar-refractivity contribution is 0.0966. The standard InChI is InChI=1S/C18H19N5O2/c1-12-11-23(7-4-15(12)24)18-21-9-13(14-10-19-5-6-20-14)17(22-18)16-3-2-8-25-16/h2-3,5-6,8-10,12,15,24H,4,7,11H2,1H3/t12-,15+/m1/s1. The molecule has 3 aromatic rings. The van der Waals surface area contributed by atoms with Crippen LogP contribution >= 0.6 is 0 Å². The first-order chi connectivity index (χ1) is 12.2. The van der Waals surface area contributed by atoms with Crippen LogP contribution in [0, 0.1) is 5.92 Å². The van der Waals surface area contributed by atoms with Gasteiger partial charge in [-0.2, -0.15) is 0 Å². The van der Waals surface area contributed by atoms with E-state index in [1.807, 2.05) is 19.1 Å². The summed E-state index contributed by atoms with van der Waals surface area (Å²) in [5.74, 6) is 1.48. The first-order valence-electron chi connectivity index (χ1n) is 8.32. The summed E-state index contributed by atoms with van der Waals surface area (Å²) in [5.41, 5.74) is 2.16. The van der Waals surface area contributed by atoms with Gasteiger partial charge in [-0.25, -0.2) is 9.97 Å². The molecule has 1 fully saturated rings. The molecule has 3 aromatic heterocycles. The van der Waals surface area contributed by atoms with Gasteiger partial charge < -0.3 is 14.4 Å². The average Bonchev–Trinajstić information content (AvgIpc) is 3.19. The van der Waals surface area contributed by atoms with Gasteiger partial charge >= 0.3 is 0 Å². The van der Waals surface area contributed by atoms with Gasteiger partial charge in [0.2, 0.25) is 5.95 Å². The zero-order chi connectivity index (χ0) is 17.2. The molecule has 7 heteroatoms. The molecule has 0 bridgehead atoms. The first kappa shape index (κ1) is 15.7. The lowest BCUT2D eigenvalue weighted by Crippen LogP contribution is -2.42. The molecule has 0 radical (unpaired) electrons. The van der Waals surface area contributed by atoms with Crippen LogP contribution in [-0.4, -0.2) is 44.2 Å². The van der Waals surface area contributed by atoms with Gasteiger partial charge in [-0.05, 0) is 24.5 Å². The molecule has 1 saturated heterocycles. The van der Waals surface area contributed by atoms with Gasteiger partial charge in [0.25, 0.3) is 0 Å². The maximum absolute atomic E-state index is 9.94. The quantitative estimate of drug-likeness (QED) is 0.785. The number of anilines is 1. The van der Waals surface area contributed by atoms with Crippen molar-refractivity contribution in [3.8, 4) is 22.7 Å². The summed E-state index contributed by atoms with van der Waals surface area (Å²) in [7, 11) is 0. The largest absolute Gasteiger partial charge is 0.463 e. The van der Waals surface area contributed by atoms with E-state index in [0.717, 1.165) is 18.7 Å². The van der Waals surface area contributed by atoms with Crippen LogP contribution in [0.4, 0.5) is 5.95 Å². The minimum absolute atomic E-state index is 0.184. The lowest BCUT2D eigenvalue weighted by atomic mass is 9.97. The predicted octanol–water partition coefficient (Wildman–Crippen LogP) is 2.40. The molecule has 0 aliphatic carbocycles. The number of rotatable bonds is 3. The third-order valence-electron chi connectivity index (χ3n) is 4.51. The number of piperidine rings is 1. The van der Waals surface area contributed by atoms with E-state index in [9.17, 15) is 5.11 Å². The summed E-state index contributed by atoms with van der Waals surface area (Å²) < 4.78 is 5.57. The van der Waals surface area contributed by atoms with Crippen LogP contribution in [-0.2, 0) is 0 Å². The molecule has 7 nitrogen and oxygen atoms in total. The highest BCUT2D eigenvalue weighted by molar-refractivity contribution is 5.76. The van der Waals surface area contributed by atoms with Gasteiger partial charge in [0.05, 0.1) is 24.3 Å². The van der Waals surface area contributed by atoms with Crippen LogP contribution in [0.25, 0.3) is 22.7 Å². The summed E-state index contributed by atoms with van der Waals surface area (Å²) in [4.78, 5) is 19.9. The van der Waals surface area contributed by atoms with Crippen molar-refractivity contribution in [2.75, 3.05) is 18.0 Å². The molecule has 1 N–H and O–H groups in total. The van der Waals surface area contributed by atoms with Gasteiger partial charge in [-0.1, -0.05) is 6.92 Å². The minimum atomic E-state index is -0.264. The summed E-state index contributed by atoms with van der Waals surface area (Å²) in [6.45, 7) is 3.50. The number of hydrogen-bond donors (Lipinski definition) is 1. The highest BCUT2D eigenvalue weighted by Gasteiger charge is 2.26. The number of nitrogens with zero attached hydrogens (tertiary/aromatic N) is 5. The highest BCUT2D eigenvalue weighted by atomic mass is 16.3. The van der Waals surface area contributed by atoms with E-state index in [1.54, 1.807) is 31.1 Å². The molecule has 0 unspecified atom stereocenters. The molecule has 2 atom stereocenters. The molecule has 0 spiro atoms. The molecule has 4 rings (SSSR count). The number of furan rings is 1. The molecule has 25 heavy (non-hydrogen) atoms. The summed E-state index contributed by atoms with van der Waals surface area (Å²) >= 11 is 0. The van der Waals surface area contributed by atoms with Gasteiger partial charge in [-0.3, -0.25) is 9.97 Å². The summed E-state index contributed by atoms with van der Waals surface area (Å²) in [6, 6.07) is 3.70. The average molecular weight is 337 g/mol. The van der Waals surface area contributed by atoms with Gasteiger partial charge in [0.1, 0.15) is 5.69 Å². The molecule has 1 aliphatic heterocycles. The van der Waals surface area contributed by atoms with E-state index >= 15 is 0 Å². The van der Waals surface area contributed by atoms with E-state index < -0.39 is 0 Å². The second-order valence-corrected chi connectivity index (χ2v) is 6.28. The summed E-state index contributed by atoms with van der Waals surface area (Å²) in [6.07, 6.45) is 8.79. The lowest BCUT2D eigenvalue weighted by Gasteiger charge is -2.34. The Bertz CT molecular complexity index is 838. The monoisotopic (exact) mass is 337 g/mol. The fourth-order valence-corrected chi connectivity index (χ4v) is 3.07. The van der Waals surface area contributed by atoms with Crippen LogP contribution in [0.2, 0.25) is 0 Å². The van der Waals surface area contributed by atoms with Crippen molar-refractivity contribution in [1.82, 2.24) is 19.9 Å². The van der Waals surface area contributed by atoms with Crippen molar-refractivity contribution in [2.45, 2.75) is 19.4 Å². The maximum Gasteiger partial charge on any atom is 0.226 e. The molecule has 4 heterocycles. The van der Waals surface area contributed by atoms with Crippen LogP contribution in [0.3, 0.4) is 0 Å². The molecule has 0 aromatic carbocycles. The topological polar surface area (TPSA) is 88.2 Å². The van der Waals surface area contributed by atoms with Gasteiger partial charge in [0, 0.05) is 37.2 Å². The normalized spacial score (nSPS) is 20.6. The second-order valence-electron chi connectivity index (χ2n) is 6.28. The Labute approximate surface area is 145 Å². The maximum atomic E-state index is 9.94. The third-order valence-corrected chi connectivity index (χ3v) is 4.51. The number of aliphatic hydroxyl groups is 1. The number of aliphatic hydroxyl groups excluding tert-OH is 1. The van der Waals surface area contributed by atoms with Gasteiger partial charge in [0.15, 0.2) is 5.76 Å². The molecular formula is C18H19N5O2. The molecule has 0 saturated carbocycles. The first-order valence-corrected chi connectivity index (χ1v) is 8.32.